The molecule has 2 fully saturated rings. The first-order valence-corrected chi connectivity index (χ1v) is 8.13. The van der Waals surface area contributed by atoms with Gasteiger partial charge in [0.15, 0.2) is 0 Å². The maximum absolute atomic E-state index is 13.4. The van der Waals surface area contributed by atoms with Crippen molar-refractivity contribution in [2.24, 2.45) is 0 Å². The molecule has 2 heterocycles. The molecule has 1 N–H and O–H groups in total. The van der Waals surface area contributed by atoms with Crippen molar-refractivity contribution in [1.29, 1.82) is 0 Å². The first-order chi connectivity index (χ1) is 11.1. The molecule has 2 aliphatic heterocycles. The van der Waals surface area contributed by atoms with Gasteiger partial charge >= 0.3 is 6.09 Å². The summed E-state index contributed by atoms with van der Waals surface area (Å²) in [6.45, 7) is 5.62. The van der Waals surface area contributed by atoms with E-state index < -0.39 is 6.09 Å². The van der Waals surface area contributed by atoms with E-state index in [0.29, 0.717) is 12.6 Å². The third-order valence-corrected chi connectivity index (χ3v) is 4.97. The van der Waals surface area contributed by atoms with Crippen molar-refractivity contribution in [3.8, 4) is 0 Å². The number of likely N-dealkylation sites (tertiary alicyclic amines) is 1. The summed E-state index contributed by atoms with van der Waals surface area (Å²) in [6.07, 6.45) is 0.682. The van der Waals surface area contributed by atoms with Gasteiger partial charge in [0, 0.05) is 25.7 Å². The molecule has 0 aromatic heterocycles. The lowest BCUT2D eigenvalue weighted by Gasteiger charge is -2.44. The van der Waals surface area contributed by atoms with E-state index in [0.717, 1.165) is 50.3 Å². The first kappa shape index (κ1) is 16.2. The first-order valence-electron chi connectivity index (χ1n) is 8.13. The third kappa shape index (κ3) is 3.48. The van der Waals surface area contributed by atoms with Crippen molar-refractivity contribution < 1.29 is 19.0 Å². The van der Waals surface area contributed by atoms with Crippen LogP contribution in [0.4, 0.5) is 9.18 Å². The van der Waals surface area contributed by atoms with Crippen molar-refractivity contribution in [3.05, 3.63) is 35.1 Å². The number of rotatable bonds is 2. The smallest absolute Gasteiger partial charge is 0.407 e. The fraction of sp³-hybridized carbons (Fsp3) is 0.588. The lowest BCUT2D eigenvalue weighted by atomic mass is 9.89. The Morgan fingerprint density at radius 1 is 1.30 bits per heavy atom. The largest absolute Gasteiger partial charge is 0.465 e. The number of carbonyl (C=O) groups is 1. The highest BCUT2D eigenvalue weighted by molar-refractivity contribution is 5.66. The van der Waals surface area contributed by atoms with Gasteiger partial charge in [-0.05, 0) is 43.0 Å². The summed E-state index contributed by atoms with van der Waals surface area (Å²) in [5, 5.41) is 9.53. The zero-order valence-corrected chi connectivity index (χ0v) is 13.4. The van der Waals surface area contributed by atoms with Gasteiger partial charge in [-0.3, -0.25) is 4.90 Å². The normalized spacial score (nSPS) is 26.3. The summed E-state index contributed by atoms with van der Waals surface area (Å²) < 4.78 is 18.8. The fourth-order valence-corrected chi connectivity index (χ4v) is 3.76. The Balaban J connectivity index is 1.84. The molecule has 5 nitrogen and oxygen atoms in total. The standard InChI is InChI=1S/C17H23FN2O3/c1-12-10-13(18)2-3-15(12)16-11-14(4-5-20(16)17(21)22)19-6-8-23-9-7-19/h2-3,10,14,16H,4-9,11H2,1H3,(H,21,22). The molecule has 0 spiro atoms. The van der Waals surface area contributed by atoms with Gasteiger partial charge in [-0.15, -0.1) is 0 Å². The molecule has 0 aliphatic carbocycles. The van der Waals surface area contributed by atoms with Crippen molar-refractivity contribution in [2.75, 3.05) is 32.8 Å². The van der Waals surface area contributed by atoms with Gasteiger partial charge in [-0.2, -0.15) is 0 Å². The predicted octanol–water partition coefficient (Wildman–Crippen LogP) is 2.65. The average molecular weight is 322 g/mol. The molecule has 2 aliphatic rings. The zero-order valence-electron chi connectivity index (χ0n) is 13.4. The molecular weight excluding hydrogens is 299 g/mol. The summed E-state index contributed by atoms with van der Waals surface area (Å²) in [7, 11) is 0. The Labute approximate surface area is 135 Å². The van der Waals surface area contributed by atoms with E-state index in [-0.39, 0.29) is 11.9 Å². The highest BCUT2D eigenvalue weighted by atomic mass is 19.1. The summed E-state index contributed by atoms with van der Waals surface area (Å²) in [4.78, 5) is 15.5. The van der Waals surface area contributed by atoms with Crippen LogP contribution in [0.2, 0.25) is 0 Å². The van der Waals surface area contributed by atoms with Crippen LogP contribution in [-0.4, -0.2) is 59.9 Å². The van der Waals surface area contributed by atoms with E-state index in [4.69, 9.17) is 4.74 Å². The van der Waals surface area contributed by atoms with E-state index in [9.17, 15) is 14.3 Å². The molecule has 0 saturated carbocycles. The van der Waals surface area contributed by atoms with Crippen LogP contribution in [0, 0.1) is 12.7 Å². The Kier molecular flexibility index (Phi) is 4.82. The Bertz CT molecular complexity index is 575. The fourth-order valence-electron chi connectivity index (χ4n) is 3.76. The summed E-state index contributed by atoms with van der Waals surface area (Å²) in [6, 6.07) is 4.76. The third-order valence-electron chi connectivity index (χ3n) is 4.97. The van der Waals surface area contributed by atoms with Gasteiger partial charge < -0.3 is 14.7 Å². The molecule has 1 amide bonds. The number of piperidine rings is 1. The topological polar surface area (TPSA) is 53.0 Å². The maximum atomic E-state index is 13.4. The van der Waals surface area contributed by atoms with Gasteiger partial charge in [-0.1, -0.05) is 6.07 Å². The van der Waals surface area contributed by atoms with Crippen LogP contribution in [0.15, 0.2) is 18.2 Å². The molecular formula is C17H23FN2O3. The van der Waals surface area contributed by atoms with Crippen molar-refractivity contribution >= 4 is 6.09 Å². The second-order valence-electron chi connectivity index (χ2n) is 6.32. The SMILES string of the molecule is Cc1cc(F)ccc1C1CC(N2CCOCC2)CCN1C(=O)O. The van der Waals surface area contributed by atoms with Crippen LogP contribution in [0.25, 0.3) is 0 Å². The van der Waals surface area contributed by atoms with Crippen LogP contribution in [-0.2, 0) is 4.74 Å². The number of halogens is 1. The highest BCUT2D eigenvalue weighted by Gasteiger charge is 2.36. The minimum absolute atomic E-state index is 0.213. The molecule has 23 heavy (non-hydrogen) atoms. The molecule has 0 bridgehead atoms. The number of ether oxygens (including phenoxy) is 1. The molecule has 2 unspecified atom stereocenters. The molecule has 2 atom stereocenters. The lowest BCUT2D eigenvalue weighted by molar-refractivity contribution is -0.00815. The second-order valence-corrected chi connectivity index (χ2v) is 6.32. The van der Waals surface area contributed by atoms with Gasteiger partial charge in [-0.25, -0.2) is 9.18 Å². The van der Waals surface area contributed by atoms with Gasteiger partial charge in [0.2, 0.25) is 0 Å². The van der Waals surface area contributed by atoms with E-state index in [1.54, 1.807) is 6.07 Å². The lowest BCUT2D eigenvalue weighted by Crippen LogP contribution is -2.51. The molecule has 6 heteroatoms. The molecule has 2 saturated heterocycles. The number of amides is 1. The zero-order chi connectivity index (χ0) is 16.4. The number of hydrogen-bond acceptors (Lipinski definition) is 3. The van der Waals surface area contributed by atoms with Crippen LogP contribution in [0.5, 0.6) is 0 Å². The van der Waals surface area contributed by atoms with Gasteiger partial charge in [0.25, 0.3) is 0 Å². The Morgan fingerprint density at radius 2 is 2.04 bits per heavy atom. The molecule has 1 aromatic rings. The van der Waals surface area contributed by atoms with Crippen LogP contribution in [0.3, 0.4) is 0 Å². The summed E-state index contributed by atoms with van der Waals surface area (Å²) in [5.74, 6) is -0.284. The van der Waals surface area contributed by atoms with Crippen molar-refractivity contribution in [1.82, 2.24) is 9.80 Å². The minimum atomic E-state index is -0.904. The van der Waals surface area contributed by atoms with Gasteiger partial charge in [0.1, 0.15) is 5.82 Å². The van der Waals surface area contributed by atoms with E-state index in [1.165, 1.54) is 17.0 Å². The number of nitrogens with zero attached hydrogens (tertiary/aromatic N) is 2. The number of benzene rings is 1. The van der Waals surface area contributed by atoms with Crippen LogP contribution in [0.1, 0.15) is 30.0 Å². The van der Waals surface area contributed by atoms with E-state index in [2.05, 4.69) is 4.90 Å². The van der Waals surface area contributed by atoms with Gasteiger partial charge in [0.05, 0.1) is 19.3 Å². The van der Waals surface area contributed by atoms with Crippen molar-refractivity contribution in [3.63, 3.8) is 0 Å². The Morgan fingerprint density at radius 3 is 2.70 bits per heavy atom. The quantitative estimate of drug-likeness (QED) is 0.909. The molecule has 0 radical (unpaired) electrons. The van der Waals surface area contributed by atoms with Crippen LogP contribution >= 0.6 is 0 Å². The predicted molar refractivity (Wildman–Crippen MR) is 84.0 cm³/mol. The number of carboxylic acid groups (broad SMARTS) is 1. The van der Waals surface area contributed by atoms with E-state index >= 15 is 0 Å². The van der Waals surface area contributed by atoms with Crippen molar-refractivity contribution in [2.45, 2.75) is 31.8 Å². The molecule has 3 rings (SSSR count). The average Bonchev–Trinajstić information content (AvgIpc) is 2.55. The summed E-state index contributed by atoms with van der Waals surface area (Å²) >= 11 is 0. The number of morpholine rings is 1. The number of hydrogen-bond donors (Lipinski definition) is 1. The number of aryl methyl sites for hydroxylation is 1. The summed E-state index contributed by atoms with van der Waals surface area (Å²) in [5.41, 5.74) is 1.72. The molecule has 126 valence electrons. The minimum Gasteiger partial charge on any atom is -0.465 e. The Hall–Kier alpha value is -1.66. The monoisotopic (exact) mass is 322 g/mol. The second kappa shape index (κ2) is 6.84. The van der Waals surface area contributed by atoms with E-state index in [1.807, 2.05) is 6.92 Å². The molecule has 1 aromatic carbocycles. The highest BCUT2D eigenvalue weighted by Crippen LogP contribution is 2.35. The maximum Gasteiger partial charge on any atom is 0.407 e. The van der Waals surface area contributed by atoms with Crippen LogP contribution < -0.4 is 0 Å².